The molecule has 96 valence electrons. The van der Waals surface area contributed by atoms with Crippen molar-refractivity contribution < 1.29 is 4.52 Å². The van der Waals surface area contributed by atoms with Crippen LogP contribution in [0.1, 0.15) is 55.8 Å². The van der Waals surface area contributed by atoms with Crippen molar-refractivity contribution in [1.82, 2.24) is 10.1 Å². The van der Waals surface area contributed by atoms with Gasteiger partial charge in [0.1, 0.15) is 0 Å². The smallest absolute Gasteiger partial charge is 0.230 e. The average Bonchev–Trinajstić information content (AvgIpc) is 3.24. The van der Waals surface area contributed by atoms with E-state index in [1.807, 2.05) is 0 Å². The minimum absolute atomic E-state index is 0.0119. The molecule has 4 saturated carbocycles. The van der Waals surface area contributed by atoms with Crippen LogP contribution in [0.15, 0.2) is 4.52 Å². The van der Waals surface area contributed by atoms with Crippen LogP contribution in [0.3, 0.4) is 0 Å². The molecular weight excluding hydrogens is 226 g/mol. The molecule has 5 unspecified atom stereocenters. The maximum atomic E-state index is 6.13. The minimum Gasteiger partial charge on any atom is -0.339 e. The average molecular weight is 245 g/mol. The molecule has 0 radical (unpaired) electrons. The van der Waals surface area contributed by atoms with Crippen molar-refractivity contribution >= 4 is 0 Å². The Labute approximate surface area is 106 Å². The lowest BCUT2D eigenvalue weighted by Crippen LogP contribution is -2.14. The van der Waals surface area contributed by atoms with Crippen LogP contribution in [-0.2, 0) is 0 Å². The summed E-state index contributed by atoms with van der Waals surface area (Å²) in [6.07, 6.45) is 6.79. The van der Waals surface area contributed by atoms with Crippen LogP contribution >= 0.6 is 0 Å². The Balaban J connectivity index is 1.39. The number of hydrogen-bond donors (Lipinski definition) is 1. The molecule has 2 N–H and O–H groups in total. The number of rotatable bonds is 3. The van der Waals surface area contributed by atoms with Crippen molar-refractivity contribution in [1.29, 1.82) is 0 Å². The molecule has 4 aliphatic rings. The molecule has 18 heavy (non-hydrogen) atoms. The van der Waals surface area contributed by atoms with Gasteiger partial charge in [-0.1, -0.05) is 5.16 Å². The fourth-order valence-corrected chi connectivity index (χ4v) is 4.84. The summed E-state index contributed by atoms with van der Waals surface area (Å²) in [5.41, 5.74) is 6.13. The molecule has 4 aliphatic carbocycles. The molecule has 1 heterocycles. The van der Waals surface area contributed by atoms with Crippen LogP contribution in [-0.4, -0.2) is 10.1 Å². The highest BCUT2D eigenvalue weighted by molar-refractivity contribution is 5.23. The zero-order valence-corrected chi connectivity index (χ0v) is 10.5. The first kappa shape index (κ1) is 9.96. The lowest BCUT2D eigenvalue weighted by atomic mass is 10.0. The SMILES string of the molecule is NC(c1noc(C2C3C4CCC(C4)C23)n1)C1CC1. The Kier molecular flexibility index (Phi) is 1.75. The summed E-state index contributed by atoms with van der Waals surface area (Å²) in [5, 5.41) is 4.13. The molecule has 0 saturated heterocycles. The molecule has 0 aromatic carbocycles. The molecule has 4 heteroatoms. The topological polar surface area (TPSA) is 64.9 Å². The van der Waals surface area contributed by atoms with Crippen molar-refractivity contribution in [2.24, 2.45) is 35.3 Å². The van der Waals surface area contributed by atoms with Gasteiger partial charge in [-0.2, -0.15) is 4.98 Å². The normalized spacial score (nSPS) is 46.2. The van der Waals surface area contributed by atoms with Gasteiger partial charge in [-0.05, 0) is 61.7 Å². The molecule has 1 aromatic heterocycles. The van der Waals surface area contributed by atoms with Gasteiger partial charge in [-0.15, -0.1) is 0 Å². The number of nitrogens with zero attached hydrogens (tertiary/aromatic N) is 2. The summed E-state index contributed by atoms with van der Waals surface area (Å²) >= 11 is 0. The Morgan fingerprint density at radius 1 is 1.11 bits per heavy atom. The van der Waals surface area contributed by atoms with Crippen LogP contribution in [0.4, 0.5) is 0 Å². The molecule has 0 amide bonds. The molecule has 4 fully saturated rings. The quantitative estimate of drug-likeness (QED) is 0.887. The maximum absolute atomic E-state index is 6.13. The van der Waals surface area contributed by atoms with E-state index >= 15 is 0 Å². The van der Waals surface area contributed by atoms with E-state index in [-0.39, 0.29) is 6.04 Å². The van der Waals surface area contributed by atoms with E-state index < -0.39 is 0 Å². The molecule has 0 spiro atoms. The maximum Gasteiger partial charge on any atom is 0.230 e. The molecule has 5 atom stereocenters. The van der Waals surface area contributed by atoms with E-state index in [9.17, 15) is 0 Å². The van der Waals surface area contributed by atoms with Gasteiger partial charge in [0.05, 0.1) is 6.04 Å². The third-order valence-corrected chi connectivity index (χ3v) is 5.91. The predicted molar refractivity (Wildman–Crippen MR) is 64.5 cm³/mol. The number of hydrogen-bond acceptors (Lipinski definition) is 4. The van der Waals surface area contributed by atoms with Gasteiger partial charge >= 0.3 is 0 Å². The largest absolute Gasteiger partial charge is 0.339 e. The van der Waals surface area contributed by atoms with Crippen molar-refractivity contribution in [3.05, 3.63) is 11.7 Å². The highest BCUT2D eigenvalue weighted by atomic mass is 16.5. The Hall–Kier alpha value is -0.900. The molecule has 5 rings (SSSR count). The highest BCUT2D eigenvalue weighted by Gasteiger charge is 2.67. The van der Waals surface area contributed by atoms with Crippen molar-refractivity contribution in [2.75, 3.05) is 0 Å². The molecule has 4 nitrogen and oxygen atoms in total. The Morgan fingerprint density at radius 2 is 1.83 bits per heavy atom. The molecular formula is C14H19N3O. The van der Waals surface area contributed by atoms with Crippen molar-refractivity contribution in [3.63, 3.8) is 0 Å². The van der Waals surface area contributed by atoms with Gasteiger partial charge in [0.25, 0.3) is 0 Å². The van der Waals surface area contributed by atoms with Gasteiger partial charge in [-0.25, -0.2) is 0 Å². The zero-order valence-electron chi connectivity index (χ0n) is 10.5. The van der Waals surface area contributed by atoms with Gasteiger partial charge < -0.3 is 10.3 Å². The van der Waals surface area contributed by atoms with Crippen LogP contribution in [0, 0.1) is 29.6 Å². The highest BCUT2D eigenvalue weighted by Crippen LogP contribution is 2.72. The lowest BCUT2D eigenvalue weighted by molar-refractivity contribution is 0.349. The summed E-state index contributed by atoms with van der Waals surface area (Å²) in [6, 6.07) is 0.0119. The van der Waals surface area contributed by atoms with Gasteiger partial charge in [0, 0.05) is 5.92 Å². The summed E-state index contributed by atoms with van der Waals surface area (Å²) in [6.45, 7) is 0. The van der Waals surface area contributed by atoms with Gasteiger partial charge in [0.2, 0.25) is 5.89 Å². The second-order valence-corrected chi connectivity index (χ2v) is 6.87. The standard InChI is InChI=1S/C14H19N3O/c15-12(6-1-2-6)13-16-14(18-17-13)11-9-7-3-4-8(5-7)10(9)11/h6-12H,1-5,15H2. The lowest BCUT2D eigenvalue weighted by Gasteiger charge is -2.04. The van der Waals surface area contributed by atoms with E-state index in [0.717, 1.165) is 35.4 Å². The second-order valence-electron chi connectivity index (χ2n) is 6.87. The molecule has 2 bridgehead atoms. The van der Waals surface area contributed by atoms with Crippen LogP contribution in [0.5, 0.6) is 0 Å². The first-order chi connectivity index (χ1) is 8.83. The summed E-state index contributed by atoms with van der Waals surface area (Å²) in [4.78, 5) is 4.61. The summed E-state index contributed by atoms with van der Waals surface area (Å²) in [5.74, 6) is 6.49. The van der Waals surface area contributed by atoms with Gasteiger partial charge in [0.15, 0.2) is 5.82 Å². The summed E-state index contributed by atoms with van der Waals surface area (Å²) in [7, 11) is 0. The third-order valence-electron chi connectivity index (χ3n) is 5.91. The fourth-order valence-electron chi connectivity index (χ4n) is 4.84. The van der Waals surface area contributed by atoms with Crippen LogP contribution in [0.2, 0.25) is 0 Å². The van der Waals surface area contributed by atoms with Crippen LogP contribution in [0.25, 0.3) is 0 Å². The molecule has 1 aromatic rings. The number of aromatic nitrogens is 2. The van der Waals surface area contributed by atoms with E-state index in [1.54, 1.807) is 0 Å². The van der Waals surface area contributed by atoms with Crippen LogP contribution < -0.4 is 5.73 Å². The summed E-state index contributed by atoms with van der Waals surface area (Å²) < 4.78 is 5.51. The van der Waals surface area contributed by atoms with E-state index in [0.29, 0.717) is 11.8 Å². The number of nitrogens with two attached hydrogens (primary N) is 1. The second kappa shape index (κ2) is 3.16. The van der Waals surface area contributed by atoms with E-state index in [4.69, 9.17) is 10.3 Å². The van der Waals surface area contributed by atoms with Crippen molar-refractivity contribution in [3.8, 4) is 0 Å². The third kappa shape index (κ3) is 1.20. The first-order valence-corrected chi connectivity index (χ1v) is 7.42. The predicted octanol–water partition coefficient (Wildman–Crippen LogP) is 2.24. The Morgan fingerprint density at radius 3 is 2.50 bits per heavy atom. The van der Waals surface area contributed by atoms with Crippen molar-refractivity contribution in [2.45, 2.75) is 44.1 Å². The number of fused-ring (bicyclic) bond motifs is 5. The van der Waals surface area contributed by atoms with E-state index in [2.05, 4.69) is 10.1 Å². The zero-order chi connectivity index (χ0) is 11.9. The van der Waals surface area contributed by atoms with Gasteiger partial charge in [-0.3, -0.25) is 0 Å². The Bertz CT molecular complexity index is 479. The first-order valence-electron chi connectivity index (χ1n) is 7.42. The minimum atomic E-state index is 0.0119. The monoisotopic (exact) mass is 245 g/mol. The fraction of sp³-hybridized carbons (Fsp3) is 0.857. The molecule has 0 aliphatic heterocycles. The van der Waals surface area contributed by atoms with E-state index in [1.165, 1.54) is 32.1 Å².